The molecule has 0 aliphatic carbocycles. The van der Waals surface area contributed by atoms with Crippen LogP contribution in [0.4, 0.5) is 4.79 Å². The number of hydrogen-bond acceptors (Lipinski definition) is 4. The predicted octanol–water partition coefficient (Wildman–Crippen LogP) is 3.08. The van der Waals surface area contributed by atoms with Crippen LogP contribution in [0.15, 0.2) is 48.1 Å². The van der Waals surface area contributed by atoms with Crippen molar-refractivity contribution in [3.05, 3.63) is 53.6 Å². The molecular formula is C18H20ClN5O. The number of carbonyl (C=O) groups is 1. The SMILES string of the molecule is O=C(N1CC(N2CCCCC2)C(c2ccc(Cl)cc2)=N1)n1ccnc1. The second-order valence-electron chi connectivity index (χ2n) is 6.44. The molecule has 1 atom stereocenters. The van der Waals surface area contributed by atoms with Gasteiger partial charge in [-0.25, -0.2) is 14.8 Å². The lowest BCUT2D eigenvalue weighted by atomic mass is 10.00. The fourth-order valence-electron chi connectivity index (χ4n) is 3.50. The summed E-state index contributed by atoms with van der Waals surface area (Å²) in [5.74, 6) is 0. The van der Waals surface area contributed by atoms with Crippen molar-refractivity contribution in [3.8, 4) is 0 Å². The van der Waals surface area contributed by atoms with E-state index in [1.54, 1.807) is 17.4 Å². The van der Waals surface area contributed by atoms with Gasteiger partial charge in [0.2, 0.25) is 0 Å². The molecule has 0 N–H and O–H groups in total. The number of halogens is 1. The number of amides is 1. The molecule has 6 nitrogen and oxygen atoms in total. The molecule has 1 amide bonds. The Morgan fingerprint density at radius 2 is 1.88 bits per heavy atom. The first-order valence-electron chi connectivity index (χ1n) is 8.61. The summed E-state index contributed by atoms with van der Waals surface area (Å²) in [4.78, 5) is 19.1. The third kappa shape index (κ3) is 3.32. The van der Waals surface area contributed by atoms with Gasteiger partial charge in [-0.1, -0.05) is 30.2 Å². The summed E-state index contributed by atoms with van der Waals surface area (Å²) in [6.45, 7) is 2.66. The van der Waals surface area contributed by atoms with E-state index in [1.165, 1.54) is 30.2 Å². The third-order valence-corrected chi connectivity index (χ3v) is 5.06. The van der Waals surface area contributed by atoms with E-state index in [-0.39, 0.29) is 12.1 Å². The van der Waals surface area contributed by atoms with E-state index in [2.05, 4.69) is 15.0 Å². The van der Waals surface area contributed by atoms with Crippen LogP contribution in [-0.2, 0) is 0 Å². The molecule has 1 saturated heterocycles. The summed E-state index contributed by atoms with van der Waals surface area (Å²) < 4.78 is 1.46. The maximum atomic E-state index is 12.7. The zero-order chi connectivity index (χ0) is 17.2. The van der Waals surface area contributed by atoms with Gasteiger partial charge in [-0.2, -0.15) is 5.10 Å². The van der Waals surface area contributed by atoms with Gasteiger partial charge in [0, 0.05) is 17.4 Å². The van der Waals surface area contributed by atoms with Crippen LogP contribution >= 0.6 is 11.6 Å². The molecule has 3 heterocycles. The Bertz CT molecular complexity index is 765. The standard InChI is InChI=1S/C18H20ClN5O/c19-15-6-4-14(5-7-15)17-16(22-9-2-1-3-10-22)12-24(21-17)18(25)23-11-8-20-13-23/h4-8,11,13,16H,1-3,9-10,12H2. The van der Waals surface area contributed by atoms with Crippen LogP contribution in [0.25, 0.3) is 0 Å². The fourth-order valence-corrected chi connectivity index (χ4v) is 3.63. The van der Waals surface area contributed by atoms with Gasteiger partial charge in [-0.05, 0) is 43.6 Å². The number of nitrogens with zero attached hydrogens (tertiary/aromatic N) is 5. The van der Waals surface area contributed by atoms with Gasteiger partial charge in [0.15, 0.2) is 0 Å². The number of aromatic nitrogens is 2. The Morgan fingerprint density at radius 3 is 2.56 bits per heavy atom. The number of piperidine rings is 1. The number of imidazole rings is 1. The molecule has 2 aromatic rings. The Balaban J connectivity index is 1.65. The van der Waals surface area contributed by atoms with Crippen LogP contribution in [0, 0.1) is 0 Å². The first kappa shape index (κ1) is 16.3. The maximum Gasteiger partial charge on any atom is 0.349 e. The lowest BCUT2D eigenvalue weighted by Crippen LogP contribution is -2.46. The molecule has 0 spiro atoms. The number of rotatable bonds is 2. The third-order valence-electron chi connectivity index (χ3n) is 4.81. The average molecular weight is 358 g/mol. The Morgan fingerprint density at radius 1 is 1.12 bits per heavy atom. The minimum atomic E-state index is -0.177. The molecule has 1 fully saturated rings. The maximum absolute atomic E-state index is 12.7. The van der Waals surface area contributed by atoms with Gasteiger partial charge in [0.25, 0.3) is 0 Å². The molecule has 1 aromatic carbocycles. The number of likely N-dealkylation sites (tertiary alicyclic amines) is 1. The monoisotopic (exact) mass is 357 g/mol. The number of hydrogen-bond donors (Lipinski definition) is 0. The van der Waals surface area contributed by atoms with Crippen molar-refractivity contribution in [3.63, 3.8) is 0 Å². The number of hydrazone groups is 1. The van der Waals surface area contributed by atoms with Crippen LogP contribution in [0.2, 0.25) is 5.02 Å². The molecule has 7 heteroatoms. The predicted molar refractivity (Wildman–Crippen MR) is 96.9 cm³/mol. The normalized spacial score (nSPS) is 21.4. The Hall–Kier alpha value is -2.18. The molecule has 0 saturated carbocycles. The van der Waals surface area contributed by atoms with E-state index in [4.69, 9.17) is 11.6 Å². The summed E-state index contributed by atoms with van der Waals surface area (Å²) in [6.07, 6.45) is 8.41. The van der Waals surface area contributed by atoms with Crippen molar-refractivity contribution in [2.45, 2.75) is 25.3 Å². The van der Waals surface area contributed by atoms with Crippen molar-refractivity contribution in [1.82, 2.24) is 19.5 Å². The topological polar surface area (TPSA) is 53.7 Å². The molecule has 0 bridgehead atoms. The van der Waals surface area contributed by atoms with Crippen molar-refractivity contribution in [1.29, 1.82) is 0 Å². The van der Waals surface area contributed by atoms with Gasteiger partial charge >= 0.3 is 6.03 Å². The summed E-state index contributed by atoms with van der Waals surface area (Å²) >= 11 is 6.03. The molecule has 1 unspecified atom stereocenters. The highest BCUT2D eigenvalue weighted by molar-refractivity contribution is 6.30. The Labute approximate surface area is 151 Å². The Kier molecular flexibility index (Phi) is 4.55. The molecule has 0 radical (unpaired) electrons. The molecule has 4 rings (SSSR count). The molecule has 25 heavy (non-hydrogen) atoms. The first-order valence-corrected chi connectivity index (χ1v) is 8.98. The average Bonchev–Trinajstić information content (AvgIpc) is 3.33. The van der Waals surface area contributed by atoms with E-state index in [1.807, 2.05) is 24.3 Å². The molecule has 130 valence electrons. The van der Waals surface area contributed by atoms with Crippen molar-refractivity contribution in [2.75, 3.05) is 19.6 Å². The highest BCUT2D eigenvalue weighted by Gasteiger charge is 2.35. The highest BCUT2D eigenvalue weighted by Crippen LogP contribution is 2.24. The van der Waals surface area contributed by atoms with Gasteiger partial charge in [0.05, 0.1) is 18.3 Å². The quantitative estimate of drug-likeness (QED) is 0.830. The van der Waals surface area contributed by atoms with Gasteiger partial charge < -0.3 is 0 Å². The smallest absolute Gasteiger partial charge is 0.293 e. The second-order valence-corrected chi connectivity index (χ2v) is 6.88. The van der Waals surface area contributed by atoms with E-state index in [9.17, 15) is 4.79 Å². The lowest BCUT2D eigenvalue weighted by Gasteiger charge is -2.32. The van der Waals surface area contributed by atoms with E-state index >= 15 is 0 Å². The minimum absolute atomic E-state index is 0.119. The highest BCUT2D eigenvalue weighted by atomic mass is 35.5. The molecule has 2 aliphatic rings. The number of benzene rings is 1. The summed E-state index contributed by atoms with van der Waals surface area (Å²) in [5, 5.41) is 6.91. The molecule has 2 aliphatic heterocycles. The van der Waals surface area contributed by atoms with Crippen LogP contribution in [0.3, 0.4) is 0 Å². The summed E-state index contributed by atoms with van der Waals surface area (Å²) in [6, 6.07) is 7.63. The zero-order valence-electron chi connectivity index (χ0n) is 13.9. The summed E-state index contributed by atoms with van der Waals surface area (Å²) in [7, 11) is 0. The first-order chi connectivity index (χ1) is 12.2. The van der Waals surface area contributed by atoms with Crippen LogP contribution in [0.5, 0.6) is 0 Å². The van der Waals surface area contributed by atoms with Crippen molar-refractivity contribution < 1.29 is 4.79 Å². The van der Waals surface area contributed by atoms with Gasteiger partial charge in [0.1, 0.15) is 6.33 Å². The van der Waals surface area contributed by atoms with Gasteiger partial charge in [-0.3, -0.25) is 9.47 Å². The second kappa shape index (κ2) is 6.98. The van der Waals surface area contributed by atoms with Gasteiger partial charge in [-0.15, -0.1) is 0 Å². The largest absolute Gasteiger partial charge is 0.349 e. The van der Waals surface area contributed by atoms with Crippen LogP contribution in [-0.4, -0.2) is 56.9 Å². The van der Waals surface area contributed by atoms with E-state index < -0.39 is 0 Å². The lowest BCUT2D eigenvalue weighted by molar-refractivity contribution is 0.170. The molecule has 1 aromatic heterocycles. The van der Waals surface area contributed by atoms with E-state index in [0.29, 0.717) is 11.6 Å². The summed E-state index contributed by atoms with van der Waals surface area (Å²) in [5.41, 5.74) is 1.95. The van der Waals surface area contributed by atoms with E-state index in [0.717, 1.165) is 24.4 Å². The number of carbonyl (C=O) groups excluding carboxylic acids is 1. The van der Waals surface area contributed by atoms with Crippen LogP contribution in [0.1, 0.15) is 24.8 Å². The van der Waals surface area contributed by atoms with Crippen molar-refractivity contribution >= 4 is 23.3 Å². The van der Waals surface area contributed by atoms with Crippen LogP contribution < -0.4 is 0 Å². The fraction of sp³-hybridized carbons (Fsp3) is 0.389. The zero-order valence-corrected chi connectivity index (χ0v) is 14.6. The minimum Gasteiger partial charge on any atom is -0.293 e. The molecular weight excluding hydrogens is 338 g/mol. The van der Waals surface area contributed by atoms with Crippen molar-refractivity contribution in [2.24, 2.45) is 5.10 Å².